The molecule has 2 fully saturated rings. The molecule has 0 bridgehead atoms. The zero-order valence-electron chi connectivity index (χ0n) is 16.1. The van der Waals surface area contributed by atoms with Crippen LogP contribution in [0, 0.1) is 17.2 Å². The molecular formula is C20H22F4N2O4. The Morgan fingerprint density at radius 3 is 2.47 bits per heavy atom. The van der Waals surface area contributed by atoms with E-state index in [9.17, 15) is 27.6 Å². The lowest BCUT2D eigenvalue weighted by Crippen LogP contribution is -2.43. The van der Waals surface area contributed by atoms with E-state index in [-0.39, 0.29) is 43.4 Å². The molecule has 1 N–H and O–H groups in total. The number of carboxylic acid groups (broad SMARTS) is 1. The van der Waals surface area contributed by atoms with Crippen LogP contribution >= 0.6 is 0 Å². The fourth-order valence-electron chi connectivity index (χ4n) is 3.97. The summed E-state index contributed by atoms with van der Waals surface area (Å²) in [5, 5.41) is 18.8. The smallest absolute Gasteiger partial charge is 0.387 e. The van der Waals surface area contributed by atoms with Crippen LogP contribution in [-0.2, 0) is 10.2 Å². The highest BCUT2D eigenvalue weighted by atomic mass is 19.3. The number of benzene rings is 1. The first-order chi connectivity index (χ1) is 14.1. The molecule has 1 aliphatic carbocycles. The quantitative estimate of drug-likeness (QED) is 0.634. The molecule has 0 atom stereocenters. The van der Waals surface area contributed by atoms with Gasteiger partial charge in [-0.2, -0.15) is 14.0 Å². The molecule has 0 amide bonds. The third-order valence-corrected chi connectivity index (χ3v) is 5.64. The highest BCUT2D eigenvalue weighted by molar-refractivity contribution is 5.69. The molecule has 1 aromatic carbocycles. The Kier molecular flexibility index (Phi) is 6.41. The number of piperidine rings is 1. The maximum atomic E-state index is 13.0. The van der Waals surface area contributed by atoms with E-state index < -0.39 is 23.9 Å². The summed E-state index contributed by atoms with van der Waals surface area (Å²) >= 11 is 0. The average molecular weight is 430 g/mol. The van der Waals surface area contributed by atoms with Gasteiger partial charge >= 0.3 is 12.6 Å². The van der Waals surface area contributed by atoms with E-state index in [0.717, 1.165) is 0 Å². The molecule has 0 aromatic heterocycles. The number of likely N-dealkylation sites (tertiary alicyclic amines) is 1. The first-order valence-corrected chi connectivity index (χ1v) is 9.58. The van der Waals surface area contributed by atoms with Crippen molar-refractivity contribution in [2.24, 2.45) is 5.92 Å². The van der Waals surface area contributed by atoms with Gasteiger partial charge in [0.05, 0.1) is 24.6 Å². The monoisotopic (exact) mass is 430 g/mol. The van der Waals surface area contributed by atoms with Crippen molar-refractivity contribution in [1.29, 1.82) is 5.26 Å². The van der Waals surface area contributed by atoms with Gasteiger partial charge in [-0.25, -0.2) is 8.78 Å². The Hall–Kier alpha value is -2.54. The molecule has 2 aliphatic rings. The SMILES string of the molecule is N#CC1(c2ccc(OC(F)F)c(OCC3CC(F)(F)C3)c2)CCN(CC(=O)O)CC1. The Morgan fingerprint density at radius 2 is 1.93 bits per heavy atom. The Bertz CT molecular complexity index is 812. The van der Waals surface area contributed by atoms with Crippen LogP contribution in [-0.4, -0.2) is 54.8 Å². The second-order valence-corrected chi connectivity index (χ2v) is 7.85. The number of hydrogen-bond donors (Lipinski definition) is 1. The van der Waals surface area contributed by atoms with Crippen LogP contribution in [0.4, 0.5) is 17.6 Å². The summed E-state index contributed by atoms with van der Waals surface area (Å²) in [6.45, 7) is -2.49. The van der Waals surface area contributed by atoms with Gasteiger partial charge in [-0.1, -0.05) is 6.07 Å². The third kappa shape index (κ3) is 5.14. The summed E-state index contributed by atoms with van der Waals surface area (Å²) in [5.74, 6) is -4.30. The van der Waals surface area contributed by atoms with Gasteiger partial charge in [0, 0.05) is 31.8 Å². The maximum Gasteiger partial charge on any atom is 0.387 e. The first kappa shape index (κ1) is 22.2. The standard InChI is InChI=1S/C20H22F4N2O4/c21-18(22)30-15-2-1-14(7-16(15)29-11-13-8-20(23,24)9-13)19(12-25)3-5-26(6-4-19)10-17(27)28/h1-2,7,13,18H,3-6,8-11H2,(H,27,28). The van der Waals surface area contributed by atoms with Gasteiger partial charge in [0.1, 0.15) is 0 Å². The molecule has 30 heavy (non-hydrogen) atoms. The zero-order chi connectivity index (χ0) is 21.9. The van der Waals surface area contributed by atoms with Crippen molar-refractivity contribution in [1.82, 2.24) is 4.90 Å². The van der Waals surface area contributed by atoms with E-state index in [4.69, 9.17) is 9.84 Å². The number of nitriles is 1. The van der Waals surface area contributed by atoms with Gasteiger partial charge in [0.15, 0.2) is 11.5 Å². The molecule has 1 saturated carbocycles. The third-order valence-electron chi connectivity index (χ3n) is 5.64. The molecule has 3 rings (SSSR count). The number of rotatable bonds is 8. The largest absolute Gasteiger partial charge is 0.489 e. The molecule has 0 radical (unpaired) electrons. The fourth-order valence-corrected chi connectivity index (χ4v) is 3.97. The van der Waals surface area contributed by atoms with Crippen LogP contribution in [0.25, 0.3) is 0 Å². The summed E-state index contributed by atoms with van der Waals surface area (Å²) in [5.41, 5.74) is -0.393. The van der Waals surface area contributed by atoms with E-state index in [1.54, 1.807) is 4.90 Å². The maximum absolute atomic E-state index is 13.0. The van der Waals surface area contributed by atoms with Crippen LogP contribution in [0.3, 0.4) is 0 Å². The molecule has 10 heteroatoms. The van der Waals surface area contributed by atoms with E-state index in [2.05, 4.69) is 10.8 Å². The second kappa shape index (κ2) is 8.68. The predicted molar refractivity (Wildman–Crippen MR) is 96.8 cm³/mol. The van der Waals surface area contributed by atoms with E-state index >= 15 is 0 Å². The van der Waals surface area contributed by atoms with Gasteiger partial charge in [-0.05, 0) is 30.5 Å². The van der Waals surface area contributed by atoms with Crippen LogP contribution < -0.4 is 9.47 Å². The van der Waals surface area contributed by atoms with Crippen LogP contribution in [0.5, 0.6) is 11.5 Å². The number of nitrogens with zero attached hydrogens (tertiary/aromatic N) is 2. The van der Waals surface area contributed by atoms with Gasteiger partial charge in [0.25, 0.3) is 0 Å². The van der Waals surface area contributed by atoms with E-state index in [1.165, 1.54) is 18.2 Å². The van der Waals surface area contributed by atoms with E-state index in [0.29, 0.717) is 31.5 Å². The van der Waals surface area contributed by atoms with Crippen molar-refractivity contribution in [2.45, 2.75) is 43.6 Å². The minimum Gasteiger partial charge on any atom is -0.489 e. The molecule has 6 nitrogen and oxygen atoms in total. The minimum absolute atomic E-state index is 0.0226. The van der Waals surface area contributed by atoms with Gasteiger partial charge in [0.2, 0.25) is 5.92 Å². The Labute approximate surface area is 171 Å². The molecule has 1 saturated heterocycles. The lowest BCUT2D eigenvalue weighted by atomic mass is 9.74. The summed E-state index contributed by atoms with van der Waals surface area (Å²) in [4.78, 5) is 12.6. The van der Waals surface area contributed by atoms with Crippen molar-refractivity contribution in [3.05, 3.63) is 23.8 Å². The molecule has 0 unspecified atom stereocenters. The summed E-state index contributed by atoms with van der Waals surface area (Å²) in [6.07, 6.45) is 0.0821. The Morgan fingerprint density at radius 1 is 1.27 bits per heavy atom. The number of hydrogen-bond acceptors (Lipinski definition) is 5. The van der Waals surface area contributed by atoms with Crippen LogP contribution in [0.2, 0.25) is 0 Å². The summed E-state index contributed by atoms with van der Waals surface area (Å²) in [7, 11) is 0. The second-order valence-electron chi connectivity index (χ2n) is 7.85. The van der Waals surface area contributed by atoms with Crippen molar-refractivity contribution in [3.63, 3.8) is 0 Å². The number of aliphatic carboxylic acids is 1. The van der Waals surface area contributed by atoms with Crippen LogP contribution in [0.15, 0.2) is 18.2 Å². The molecule has 1 aliphatic heterocycles. The molecule has 164 valence electrons. The minimum atomic E-state index is -3.09. The highest BCUT2D eigenvalue weighted by Crippen LogP contribution is 2.44. The van der Waals surface area contributed by atoms with Crippen LogP contribution in [0.1, 0.15) is 31.2 Å². The number of carbonyl (C=O) groups is 1. The molecule has 0 spiro atoms. The highest BCUT2D eigenvalue weighted by Gasteiger charge is 2.45. The first-order valence-electron chi connectivity index (χ1n) is 9.58. The summed E-state index contributed by atoms with van der Waals surface area (Å²) < 4.78 is 61.5. The van der Waals surface area contributed by atoms with Crippen molar-refractivity contribution in [2.75, 3.05) is 26.2 Å². The number of carboxylic acids is 1. The number of halogens is 4. The van der Waals surface area contributed by atoms with Crippen molar-refractivity contribution in [3.8, 4) is 17.6 Å². The zero-order valence-corrected chi connectivity index (χ0v) is 16.1. The molecule has 1 aromatic rings. The molecule has 1 heterocycles. The predicted octanol–water partition coefficient (Wildman–Crippen LogP) is 3.65. The topological polar surface area (TPSA) is 82.8 Å². The van der Waals surface area contributed by atoms with Gasteiger partial charge < -0.3 is 14.6 Å². The van der Waals surface area contributed by atoms with Crippen molar-refractivity contribution < 1.29 is 36.9 Å². The fraction of sp³-hybridized carbons (Fsp3) is 0.600. The number of alkyl halides is 4. The molecular weight excluding hydrogens is 408 g/mol. The number of ether oxygens (including phenoxy) is 2. The lowest BCUT2D eigenvalue weighted by molar-refractivity contribution is -0.138. The van der Waals surface area contributed by atoms with Gasteiger partial charge in [-0.15, -0.1) is 0 Å². The lowest BCUT2D eigenvalue weighted by Gasteiger charge is -2.37. The summed E-state index contributed by atoms with van der Waals surface area (Å²) in [6, 6.07) is 6.52. The average Bonchev–Trinajstić information content (AvgIpc) is 2.65. The Balaban J connectivity index is 1.77. The normalized spacial score (nSPS) is 20.9. The van der Waals surface area contributed by atoms with Gasteiger partial charge in [-0.3, -0.25) is 9.69 Å². The van der Waals surface area contributed by atoms with Crippen molar-refractivity contribution >= 4 is 5.97 Å². The van der Waals surface area contributed by atoms with E-state index in [1.807, 2.05) is 0 Å².